The van der Waals surface area contributed by atoms with E-state index in [-0.39, 0.29) is 0 Å². The van der Waals surface area contributed by atoms with Crippen LogP contribution in [-0.2, 0) is 12.8 Å². The van der Waals surface area contributed by atoms with Crippen molar-refractivity contribution in [3.8, 4) is 0 Å². The maximum absolute atomic E-state index is 4.62. The molecule has 0 aliphatic rings. The van der Waals surface area contributed by atoms with Crippen LogP contribution in [0.5, 0.6) is 0 Å². The summed E-state index contributed by atoms with van der Waals surface area (Å²) in [5.41, 5.74) is 1.45. The highest BCUT2D eigenvalue weighted by Gasteiger charge is 2.14. The molecule has 0 radical (unpaired) electrons. The highest BCUT2D eigenvalue weighted by atomic mass is 32.1. The maximum atomic E-state index is 4.62. The monoisotopic (exact) mass is 363 g/mol. The molecule has 2 heteroatoms. The molecular weight excluding hydrogens is 322 g/mol. The van der Waals surface area contributed by atoms with Gasteiger partial charge in [0.25, 0.3) is 0 Å². The quantitative estimate of drug-likeness (QED) is 0.227. The molecule has 0 fully saturated rings. The summed E-state index contributed by atoms with van der Waals surface area (Å²) >= 11 is 1.90. The number of rotatable bonds is 15. The van der Waals surface area contributed by atoms with E-state index in [1.165, 1.54) is 79.7 Å². The molecule has 0 atom stereocenters. The van der Waals surface area contributed by atoms with Crippen molar-refractivity contribution < 1.29 is 0 Å². The zero-order chi connectivity index (χ0) is 18.5. The molecule has 1 rings (SSSR count). The van der Waals surface area contributed by atoms with Crippen molar-refractivity contribution in [2.45, 2.75) is 105 Å². The summed E-state index contributed by atoms with van der Waals surface area (Å²) in [6.07, 6.45) is 17.8. The molecule has 1 aromatic heterocycles. The number of nitrogens with zero attached hydrogens (tertiary/aromatic N) is 1. The first kappa shape index (κ1) is 22.4. The van der Waals surface area contributed by atoms with Crippen LogP contribution in [0.15, 0.2) is 18.3 Å². The van der Waals surface area contributed by atoms with Gasteiger partial charge >= 0.3 is 0 Å². The Hall–Kier alpha value is -0.630. The Morgan fingerprint density at radius 2 is 1.60 bits per heavy atom. The molecule has 0 N–H and O–H groups in total. The highest BCUT2D eigenvalue weighted by Crippen LogP contribution is 2.28. The van der Waals surface area contributed by atoms with Crippen LogP contribution in [0.3, 0.4) is 0 Å². The van der Waals surface area contributed by atoms with Gasteiger partial charge in [-0.15, -0.1) is 11.3 Å². The van der Waals surface area contributed by atoms with Gasteiger partial charge in [-0.2, -0.15) is 0 Å². The van der Waals surface area contributed by atoms with Gasteiger partial charge in [0.15, 0.2) is 0 Å². The van der Waals surface area contributed by atoms with Crippen molar-refractivity contribution in [1.29, 1.82) is 0 Å². The van der Waals surface area contributed by atoms with Crippen molar-refractivity contribution in [3.63, 3.8) is 0 Å². The zero-order valence-electron chi connectivity index (χ0n) is 17.3. The summed E-state index contributed by atoms with van der Waals surface area (Å²) in [7, 11) is 0. The van der Waals surface area contributed by atoms with E-state index in [9.17, 15) is 0 Å². The first-order valence-corrected chi connectivity index (χ1v) is 11.5. The van der Waals surface area contributed by atoms with Gasteiger partial charge in [-0.25, -0.2) is 4.98 Å². The number of allylic oxidation sites excluding steroid dienone is 1. The number of aromatic nitrogens is 1. The third kappa shape index (κ3) is 10.2. The van der Waals surface area contributed by atoms with E-state index < -0.39 is 0 Å². The lowest BCUT2D eigenvalue weighted by molar-refractivity contribution is 0.450. The normalized spacial score (nSPS) is 11.6. The van der Waals surface area contributed by atoms with Crippen LogP contribution in [0.4, 0.5) is 0 Å². The summed E-state index contributed by atoms with van der Waals surface area (Å²) in [5.74, 6) is 1.40. The van der Waals surface area contributed by atoms with E-state index in [0.29, 0.717) is 11.8 Å². The Labute approximate surface area is 161 Å². The van der Waals surface area contributed by atoms with Gasteiger partial charge in [0.05, 0.1) is 5.01 Å². The largest absolute Gasteiger partial charge is 0.249 e. The molecule has 1 aromatic rings. The highest BCUT2D eigenvalue weighted by molar-refractivity contribution is 7.11. The standard InChI is InChI=1S/C23H41NS/c1-6-8-10-12-14-21(15-13-11-9-7-2)20(5)17-22-18-24-23(25-22)16-19(3)4/h18-19,21H,5-17H2,1-4H3. The second kappa shape index (κ2) is 13.6. The smallest absolute Gasteiger partial charge is 0.0930 e. The summed E-state index contributed by atoms with van der Waals surface area (Å²) in [6, 6.07) is 0. The fraction of sp³-hybridized carbons (Fsp3) is 0.783. The fourth-order valence-corrected chi connectivity index (χ4v) is 4.62. The molecule has 0 aliphatic carbocycles. The molecule has 0 unspecified atom stereocenters. The van der Waals surface area contributed by atoms with Gasteiger partial charge in [-0.05, 0) is 24.7 Å². The van der Waals surface area contributed by atoms with Gasteiger partial charge < -0.3 is 0 Å². The second-order valence-electron chi connectivity index (χ2n) is 8.05. The van der Waals surface area contributed by atoms with Crippen LogP contribution in [0.2, 0.25) is 0 Å². The second-order valence-corrected chi connectivity index (χ2v) is 9.25. The first-order chi connectivity index (χ1) is 12.1. The van der Waals surface area contributed by atoms with E-state index >= 15 is 0 Å². The van der Waals surface area contributed by atoms with Crippen molar-refractivity contribution in [2.75, 3.05) is 0 Å². The van der Waals surface area contributed by atoms with Gasteiger partial charge in [0, 0.05) is 23.9 Å². The van der Waals surface area contributed by atoms with E-state index in [2.05, 4.69) is 45.5 Å². The van der Waals surface area contributed by atoms with Crippen molar-refractivity contribution in [2.24, 2.45) is 11.8 Å². The lowest BCUT2D eigenvalue weighted by atomic mass is 9.87. The fourth-order valence-electron chi connectivity index (χ4n) is 3.43. The van der Waals surface area contributed by atoms with Crippen molar-refractivity contribution in [1.82, 2.24) is 4.98 Å². The molecule has 0 aromatic carbocycles. The summed E-state index contributed by atoms with van der Waals surface area (Å²) < 4.78 is 0. The van der Waals surface area contributed by atoms with Gasteiger partial charge in [-0.1, -0.05) is 91.2 Å². The van der Waals surface area contributed by atoms with Crippen LogP contribution in [0, 0.1) is 11.8 Å². The molecule has 0 spiro atoms. The van der Waals surface area contributed by atoms with E-state index in [1.54, 1.807) is 0 Å². The van der Waals surface area contributed by atoms with Crippen LogP contribution in [0.1, 0.15) is 102 Å². The molecule has 0 aliphatic heterocycles. The molecule has 1 nitrogen and oxygen atoms in total. The zero-order valence-corrected chi connectivity index (χ0v) is 18.1. The number of unbranched alkanes of at least 4 members (excludes halogenated alkanes) is 6. The average molecular weight is 364 g/mol. The summed E-state index contributed by atoms with van der Waals surface area (Å²) in [6.45, 7) is 13.6. The average Bonchev–Trinajstić information content (AvgIpc) is 2.99. The molecule has 25 heavy (non-hydrogen) atoms. The molecule has 1 heterocycles. The minimum Gasteiger partial charge on any atom is -0.249 e. The third-order valence-corrected chi connectivity index (χ3v) is 5.99. The molecule has 0 amide bonds. The lowest BCUT2D eigenvalue weighted by Gasteiger charge is -2.19. The van der Waals surface area contributed by atoms with E-state index in [4.69, 9.17) is 0 Å². The Bertz CT molecular complexity index is 448. The van der Waals surface area contributed by atoms with Crippen LogP contribution < -0.4 is 0 Å². The van der Waals surface area contributed by atoms with Crippen LogP contribution >= 0.6 is 11.3 Å². The van der Waals surface area contributed by atoms with Gasteiger partial charge in [0.1, 0.15) is 0 Å². The predicted octanol–water partition coefficient (Wildman–Crippen LogP) is 8.00. The maximum Gasteiger partial charge on any atom is 0.0930 e. The summed E-state index contributed by atoms with van der Waals surface area (Å²) in [5, 5.41) is 1.29. The van der Waals surface area contributed by atoms with E-state index in [0.717, 1.165) is 12.8 Å². The number of hydrogen-bond donors (Lipinski definition) is 0. The van der Waals surface area contributed by atoms with E-state index in [1.807, 2.05) is 11.3 Å². The first-order valence-electron chi connectivity index (χ1n) is 10.7. The molecule has 144 valence electrons. The minimum atomic E-state index is 0.687. The Morgan fingerprint density at radius 1 is 1.00 bits per heavy atom. The lowest BCUT2D eigenvalue weighted by Crippen LogP contribution is -2.06. The topological polar surface area (TPSA) is 12.9 Å². The van der Waals surface area contributed by atoms with Crippen molar-refractivity contribution in [3.05, 3.63) is 28.2 Å². The number of hydrogen-bond acceptors (Lipinski definition) is 2. The van der Waals surface area contributed by atoms with Gasteiger partial charge in [-0.3, -0.25) is 0 Å². The summed E-state index contributed by atoms with van der Waals surface area (Å²) in [4.78, 5) is 6.03. The third-order valence-electron chi connectivity index (χ3n) is 4.98. The van der Waals surface area contributed by atoms with Crippen LogP contribution in [-0.4, -0.2) is 4.98 Å². The van der Waals surface area contributed by atoms with Gasteiger partial charge in [0.2, 0.25) is 0 Å². The Kier molecular flexibility index (Phi) is 12.2. The Morgan fingerprint density at radius 3 is 2.12 bits per heavy atom. The molecule has 0 saturated heterocycles. The van der Waals surface area contributed by atoms with Crippen molar-refractivity contribution >= 4 is 11.3 Å². The molecule has 0 bridgehead atoms. The predicted molar refractivity (Wildman–Crippen MR) is 115 cm³/mol. The molecular formula is C23H41NS. The molecule has 0 saturated carbocycles. The number of thiazole rings is 1. The van der Waals surface area contributed by atoms with Crippen LogP contribution in [0.25, 0.3) is 0 Å². The SMILES string of the molecule is C=C(Cc1cnc(CC(C)C)s1)C(CCCCCC)CCCCCC. The Balaban J connectivity index is 2.52. The minimum absolute atomic E-state index is 0.687.